The second kappa shape index (κ2) is 8.05. The van der Waals surface area contributed by atoms with Gasteiger partial charge >= 0.3 is 0 Å². The Kier molecular flexibility index (Phi) is 5.57. The minimum absolute atomic E-state index is 0.205. The van der Waals surface area contributed by atoms with Crippen molar-refractivity contribution in [1.82, 2.24) is 15.8 Å². The van der Waals surface area contributed by atoms with Crippen molar-refractivity contribution in [2.75, 3.05) is 6.61 Å². The van der Waals surface area contributed by atoms with E-state index in [2.05, 4.69) is 15.8 Å². The van der Waals surface area contributed by atoms with Gasteiger partial charge in [0.25, 0.3) is 11.8 Å². The van der Waals surface area contributed by atoms with Crippen LogP contribution in [-0.4, -0.2) is 23.4 Å². The summed E-state index contributed by atoms with van der Waals surface area (Å²) in [5.41, 5.74) is 8.00. The third kappa shape index (κ3) is 4.74. The molecule has 138 valence electrons. The van der Waals surface area contributed by atoms with E-state index < -0.39 is 11.8 Å². The molecule has 2 amide bonds. The van der Waals surface area contributed by atoms with Gasteiger partial charge in [-0.05, 0) is 67.4 Å². The largest absolute Gasteiger partial charge is 0.484 e. The van der Waals surface area contributed by atoms with Crippen molar-refractivity contribution in [2.45, 2.75) is 13.8 Å². The van der Waals surface area contributed by atoms with Crippen LogP contribution < -0.4 is 15.6 Å². The Labute approximate surface area is 161 Å². The summed E-state index contributed by atoms with van der Waals surface area (Å²) in [4.78, 5) is 28.2. The molecule has 7 heteroatoms. The molecule has 0 bridgehead atoms. The molecule has 27 heavy (non-hydrogen) atoms. The number of hydrogen-bond donors (Lipinski definition) is 2. The molecule has 3 rings (SSSR count). The van der Waals surface area contributed by atoms with Crippen molar-refractivity contribution in [3.05, 3.63) is 70.4 Å². The lowest BCUT2D eigenvalue weighted by molar-refractivity contribution is -0.123. The molecule has 0 radical (unpaired) electrons. The van der Waals surface area contributed by atoms with Crippen LogP contribution in [0.5, 0.6) is 5.75 Å². The van der Waals surface area contributed by atoms with Crippen LogP contribution in [0.15, 0.2) is 48.5 Å². The Balaban J connectivity index is 1.54. The number of nitrogens with one attached hydrogen (secondary N) is 2. The molecule has 0 atom stereocenters. The number of amides is 2. The Morgan fingerprint density at radius 3 is 2.59 bits per heavy atom. The SMILES string of the molecule is Cc1ccc(OCC(=O)NNC(=O)c2ccc3nc(Cl)ccc3c2)cc1C. The van der Waals surface area contributed by atoms with E-state index in [1.54, 1.807) is 36.4 Å². The van der Waals surface area contributed by atoms with E-state index in [4.69, 9.17) is 16.3 Å². The third-order valence-electron chi connectivity index (χ3n) is 4.08. The van der Waals surface area contributed by atoms with Crippen LogP contribution >= 0.6 is 11.6 Å². The zero-order valence-electron chi connectivity index (χ0n) is 14.9. The fourth-order valence-electron chi connectivity index (χ4n) is 2.43. The molecule has 0 spiro atoms. The maximum atomic E-state index is 12.2. The average Bonchev–Trinajstić information content (AvgIpc) is 2.66. The Bertz CT molecular complexity index is 1020. The van der Waals surface area contributed by atoms with Crippen LogP contribution in [0, 0.1) is 13.8 Å². The number of rotatable bonds is 4. The van der Waals surface area contributed by atoms with Gasteiger partial charge in [-0.25, -0.2) is 4.98 Å². The second-order valence-corrected chi connectivity index (χ2v) is 6.47. The summed E-state index contributed by atoms with van der Waals surface area (Å²) in [5.74, 6) is -0.303. The van der Waals surface area contributed by atoms with Gasteiger partial charge in [-0.2, -0.15) is 0 Å². The monoisotopic (exact) mass is 383 g/mol. The summed E-state index contributed by atoms with van der Waals surface area (Å²) in [7, 11) is 0. The van der Waals surface area contributed by atoms with Gasteiger partial charge in [-0.15, -0.1) is 0 Å². The van der Waals surface area contributed by atoms with Gasteiger partial charge < -0.3 is 4.74 Å². The molecule has 0 aliphatic heterocycles. The fourth-order valence-corrected chi connectivity index (χ4v) is 2.58. The van der Waals surface area contributed by atoms with E-state index in [0.29, 0.717) is 22.0 Å². The Morgan fingerprint density at radius 2 is 1.81 bits per heavy atom. The lowest BCUT2D eigenvalue weighted by Crippen LogP contribution is -2.43. The van der Waals surface area contributed by atoms with Crippen LogP contribution in [0.1, 0.15) is 21.5 Å². The van der Waals surface area contributed by atoms with E-state index in [1.165, 1.54) is 0 Å². The first-order valence-corrected chi connectivity index (χ1v) is 8.66. The quantitative estimate of drug-likeness (QED) is 0.535. The molecular formula is C20H18ClN3O3. The molecular weight excluding hydrogens is 366 g/mol. The van der Waals surface area contributed by atoms with Gasteiger partial charge in [-0.3, -0.25) is 20.4 Å². The predicted octanol–water partition coefficient (Wildman–Crippen LogP) is 3.35. The van der Waals surface area contributed by atoms with Gasteiger partial charge in [0.05, 0.1) is 5.52 Å². The first-order valence-electron chi connectivity index (χ1n) is 8.28. The molecule has 6 nitrogen and oxygen atoms in total. The summed E-state index contributed by atoms with van der Waals surface area (Å²) in [6.45, 7) is 3.76. The number of pyridine rings is 1. The number of fused-ring (bicyclic) bond motifs is 1. The molecule has 2 aromatic carbocycles. The molecule has 1 heterocycles. The minimum atomic E-state index is -0.462. The van der Waals surface area contributed by atoms with E-state index in [9.17, 15) is 9.59 Å². The molecule has 0 unspecified atom stereocenters. The van der Waals surface area contributed by atoms with Crippen LogP contribution in [0.25, 0.3) is 10.9 Å². The number of nitrogens with zero attached hydrogens (tertiary/aromatic N) is 1. The summed E-state index contributed by atoms with van der Waals surface area (Å²) in [6.07, 6.45) is 0. The van der Waals surface area contributed by atoms with Crippen molar-refractivity contribution in [3.63, 3.8) is 0 Å². The van der Waals surface area contributed by atoms with Crippen molar-refractivity contribution in [2.24, 2.45) is 0 Å². The first kappa shape index (κ1) is 18.7. The van der Waals surface area contributed by atoms with E-state index in [0.717, 1.165) is 16.5 Å². The van der Waals surface area contributed by atoms with E-state index in [-0.39, 0.29) is 6.61 Å². The molecule has 0 fully saturated rings. The number of carbonyl (C=O) groups excluding carboxylic acids is 2. The maximum absolute atomic E-state index is 12.2. The molecule has 0 aliphatic rings. The van der Waals surface area contributed by atoms with Gasteiger partial charge in [0.15, 0.2) is 6.61 Å². The lowest BCUT2D eigenvalue weighted by Gasteiger charge is -2.10. The highest BCUT2D eigenvalue weighted by atomic mass is 35.5. The number of halogens is 1. The van der Waals surface area contributed by atoms with Crippen LogP contribution in [0.2, 0.25) is 5.15 Å². The predicted molar refractivity (Wildman–Crippen MR) is 104 cm³/mol. The van der Waals surface area contributed by atoms with E-state index in [1.807, 2.05) is 26.0 Å². The first-order chi connectivity index (χ1) is 12.9. The maximum Gasteiger partial charge on any atom is 0.276 e. The van der Waals surface area contributed by atoms with Crippen molar-refractivity contribution >= 4 is 34.3 Å². The number of aryl methyl sites for hydroxylation is 2. The Hall–Kier alpha value is -3.12. The number of carbonyl (C=O) groups is 2. The lowest BCUT2D eigenvalue weighted by atomic mass is 10.1. The van der Waals surface area contributed by atoms with Crippen molar-refractivity contribution < 1.29 is 14.3 Å². The smallest absolute Gasteiger partial charge is 0.276 e. The fraction of sp³-hybridized carbons (Fsp3) is 0.150. The zero-order valence-corrected chi connectivity index (χ0v) is 15.6. The van der Waals surface area contributed by atoms with Gasteiger partial charge in [0, 0.05) is 10.9 Å². The standard InChI is InChI=1S/C20H18ClN3O3/c1-12-3-6-16(9-13(12)2)27-11-19(25)23-24-20(26)15-4-7-17-14(10-15)5-8-18(21)22-17/h3-10H,11H2,1-2H3,(H,23,25)(H,24,26). The topological polar surface area (TPSA) is 80.3 Å². The van der Waals surface area contributed by atoms with Gasteiger partial charge in [0.2, 0.25) is 0 Å². The minimum Gasteiger partial charge on any atom is -0.484 e. The van der Waals surface area contributed by atoms with Crippen molar-refractivity contribution in [3.8, 4) is 5.75 Å². The second-order valence-electron chi connectivity index (χ2n) is 6.08. The number of benzene rings is 2. The number of hydrogen-bond acceptors (Lipinski definition) is 4. The normalized spacial score (nSPS) is 10.5. The molecule has 0 aliphatic carbocycles. The summed E-state index contributed by atoms with van der Waals surface area (Å²) < 4.78 is 5.43. The highest BCUT2D eigenvalue weighted by Gasteiger charge is 2.09. The van der Waals surface area contributed by atoms with Gasteiger partial charge in [0.1, 0.15) is 10.9 Å². The molecule has 3 aromatic rings. The summed E-state index contributed by atoms with van der Waals surface area (Å²) in [5, 5.41) is 1.16. The van der Waals surface area contributed by atoms with Crippen LogP contribution in [0.3, 0.4) is 0 Å². The number of ether oxygens (including phenoxy) is 1. The molecule has 0 saturated heterocycles. The highest BCUT2D eigenvalue weighted by molar-refractivity contribution is 6.29. The average molecular weight is 384 g/mol. The van der Waals surface area contributed by atoms with Crippen LogP contribution in [0.4, 0.5) is 0 Å². The molecule has 1 aromatic heterocycles. The summed E-state index contributed by atoms with van der Waals surface area (Å²) >= 11 is 5.85. The Morgan fingerprint density at radius 1 is 1.00 bits per heavy atom. The number of aromatic nitrogens is 1. The van der Waals surface area contributed by atoms with E-state index >= 15 is 0 Å². The van der Waals surface area contributed by atoms with Crippen molar-refractivity contribution in [1.29, 1.82) is 0 Å². The highest BCUT2D eigenvalue weighted by Crippen LogP contribution is 2.17. The zero-order chi connectivity index (χ0) is 19.4. The van der Waals surface area contributed by atoms with Crippen LogP contribution in [-0.2, 0) is 4.79 Å². The summed E-state index contributed by atoms with van der Waals surface area (Å²) in [6, 6.07) is 14.0. The third-order valence-corrected chi connectivity index (χ3v) is 4.29. The van der Waals surface area contributed by atoms with Gasteiger partial charge in [-0.1, -0.05) is 17.7 Å². The number of hydrazine groups is 1. The molecule has 0 saturated carbocycles. The molecule has 2 N–H and O–H groups in total.